The van der Waals surface area contributed by atoms with Crippen LogP contribution in [0.4, 0.5) is 13.6 Å². The molecule has 1 aromatic rings. The van der Waals surface area contributed by atoms with E-state index in [-0.39, 0.29) is 25.0 Å². The highest BCUT2D eigenvalue weighted by atomic mass is 19.3. The Kier molecular flexibility index (Phi) is 10.3. The number of hydrogen-bond acceptors (Lipinski definition) is 6. The van der Waals surface area contributed by atoms with Crippen LogP contribution in [-0.2, 0) is 14.4 Å². The summed E-state index contributed by atoms with van der Waals surface area (Å²) in [6.07, 6.45) is 2.99. The van der Waals surface area contributed by atoms with Crippen molar-refractivity contribution >= 4 is 23.8 Å². The third kappa shape index (κ3) is 7.98. The molecule has 4 N–H and O–H groups in total. The first-order chi connectivity index (χ1) is 22.1. The van der Waals surface area contributed by atoms with Crippen molar-refractivity contribution in [2.75, 3.05) is 26.2 Å². The number of nitrogens with one attached hydrogen (secondary N) is 3. The van der Waals surface area contributed by atoms with Crippen molar-refractivity contribution in [3.05, 3.63) is 29.8 Å². The largest absolute Gasteiger partial charge is 0.493 e. The van der Waals surface area contributed by atoms with E-state index in [9.17, 15) is 33.1 Å². The molecule has 1 saturated carbocycles. The van der Waals surface area contributed by atoms with Crippen LogP contribution < -0.4 is 20.7 Å². The Labute approximate surface area is 275 Å². The Morgan fingerprint density at radius 2 is 1.72 bits per heavy atom. The smallest absolute Gasteiger partial charge is 0.404 e. The molecule has 1 aliphatic carbocycles. The molecule has 47 heavy (non-hydrogen) atoms. The van der Waals surface area contributed by atoms with E-state index in [0.717, 1.165) is 24.8 Å². The van der Waals surface area contributed by atoms with Gasteiger partial charge in [0.15, 0.2) is 0 Å². The highest BCUT2D eigenvalue weighted by Gasteiger charge is 2.52. The number of amides is 4. The van der Waals surface area contributed by atoms with Gasteiger partial charge in [-0.3, -0.25) is 19.3 Å². The minimum Gasteiger partial charge on any atom is -0.493 e. The zero-order valence-corrected chi connectivity index (χ0v) is 27.8. The summed E-state index contributed by atoms with van der Waals surface area (Å²) in [5.74, 6) is -4.66. The molecule has 0 spiro atoms. The van der Waals surface area contributed by atoms with Crippen molar-refractivity contribution in [3.63, 3.8) is 0 Å². The fourth-order valence-corrected chi connectivity index (χ4v) is 7.95. The van der Waals surface area contributed by atoms with Crippen molar-refractivity contribution in [1.29, 1.82) is 0 Å². The van der Waals surface area contributed by atoms with E-state index in [0.29, 0.717) is 31.6 Å². The number of benzene rings is 1. The predicted molar refractivity (Wildman–Crippen MR) is 170 cm³/mol. The van der Waals surface area contributed by atoms with Crippen LogP contribution in [0.2, 0.25) is 0 Å². The predicted octanol–water partition coefficient (Wildman–Crippen LogP) is 3.93. The van der Waals surface area contributed by atoms with Gasteiger partial charge in [0.2, 0.25) is 17.7 Å². The fraction of sp³-hybridized carbons (Fsp3) is 0.706. The summed E-state index contributed by atoms with van der Waals surface area (Å²) in [5, 5.41) is 18.0. The number of carbonyl (C=O) groups is 4. The molecule has 3 aliphatic heterocycles. The maximum Gasteiger partial charge on any atom is 0.404 e. The maximum atomic E-state index is 14.7. The lowest BCUT2D eigenvalue weighted by molar-refractivity contribution is -0.150. The molecule has 260 valence electrons. The number of para-hydroxylation sites is 1. The molecule has 6 atom stereocenters. The number of ether oxygens (including phenoxy) is 1. The normalized spacial score (nSPS) is 26.5. The molecule has 4 aliphatic rings. The third-order valence-electron chi connectivity index (χ3n) is 10.3. The van der Waals surface area contributed by atoms with E-state index in [1.165, 1.54) is 4.90 Å². The summed E-state index contributed by atoms with van der Waals surface area (Å²) >= 11 is 0. The SMILES string of the molecule is C[C@H](C(=O)N[C@H](C(=O)N1C[C@H]2CC(F)(F)CN2C[C@H]1C(=O)N[C@@H]1CCOc2ccccc21)C1CCCCC1)C(NC(=O)O)C(C)(C)C. The number of hydrogen-bond donors (Lipinski definition) is 4. The van der Waals surface area contributed by atoms with Crippen LogP contribution in [0.15, 0.2) is 24.3 Å². The van der Waals surface area contributed by atoms with Crippen molar-refractivity contribution < 1.29 is 37.8 Å². The van der Waals surface area contributed by atoms with Gasteiger partial charge in [0.25, 0.3) is 5.92 Å². The van der Waals surface area contributed by atoms with Gasteiger partial charge in [-0.15, -0.1) is 0 Å². The molecule has 1 aromatic carbocycles. The molecule has 11 nitrogen and oxygen atoms in total. The molecular weight excluding hydrogens is 612 g/mol. The zero-order chi connectivity index (χ0) is 34.1. The van der Waals surface area contributed by atoms with Crippen molar-refractivity contribution in [2.24, 2.45) is 17.3 Å². The van der Waals surface area contributed by atoms with E-state index in [4.69, 9.17) is 4.74 Å². The van der Waals surface area contributed by atoms with Gasteiger partial charge in [-0.1, -0.05) is 65.2 Å². The van der Waals surface area contributed by atoms with Crippen LogP contribution in [0.3, 0.4) is 0 Å². The van der Waals surface area contributed by atoms with E-state index < -0.39 is 78.2 Å². The van der Waals surface area contributed by atoms with E-state index in [1.54, 1.807) is 11.8 Å². The van der Waals surface area contributed by atoms with E-state index in [2.05, 4.69) is 16.0 Å². The molecule has 0 radical (unpaired) electrons. The molecule has 3 heterocycles. The van der Waals surface area contributed by atoms with E-state index in [1.807, 2.05) is 45.0 Å². The molecule has 13 heteroatoms. The molecule has 5 rings (SSSR count). The Morgan fingerprint density at radius 3 is 2.40 bits per heavy atom. The van der Waals surface area contributed by atoms with Gasteiger partial charge in [-0.2, -0.15) is 0 Å². The molecule has 2 saturated heterocycles. The average molecular weight is 662 g/mol. The highest BCUT2D eigenvalue weighted by molar-refractivity contribution is 5.93. The first-order valence-electron chi connectivity index (χ1n) is 16.9. The number of carbonyl (C=O) groups excluding carboxylic acids is 3. The number of alkyl halides is 2. The topological polar surface area (TPSA) is 140 Å². The molecule has 0 bridgehead atoms. The van der Waals surface area contributed by atoms with Gasteiger partial charge in [0, 0.05) is 43.6 Å². The standard InChI is InChI=1S/C34H49F2N5O6/c1-20(28(33(2,3)4)39-32(45)46)29(42)38-27(21-10-6-5-7-11-21)31(44)41-17-22-16-34(35,36)19-40(22)18-25(41)30(43)37-24-14-15-47-26-13-9-8-12-23(24)26/h8-9,12-13,20-22,24-25,27-28,39H,5-7,10-11,14-19H2,1-4H3,(H,37,43)(H,38,42)(H,45,46)/t20-,22+,24+,25-,27-,28?/m0/s1. The van der Waals surface area contributed by atoms with Gasteiger partial charge in [-0.05, 0) is 30.2 Å². The number of rotatable bonds is 8. The second-order valence-corrected chi connectivity index (χ2v) is 14.9. The molecule has 0 aromatic heterocycles. The number of carboxylic acid groups (broad SMARTS) is 1. The monoisotopic (exact) mass is 661 g/mol. The van der Waals surface area contributed by atoms with Crippen LogP contribution in [0.1, 0.15) is 84.2 Å². The third-order valence-corrected chi connectivity index (χ3v) is 10.3. The fourth-order valence-electron chi connectivity index (χ4n) is 7.95. The molecular formula is C34H49F2N5O6. The summed E-state index contributed by atoms with van der Waals surface area (Å²) < 4.78 is 35.0. The summed E-state index contributed by atoms with van der Waals surface area (Å²) in [7, 11) is 0. The molecule has 4 amide bonds. The van der Waals surface area contributed by atoms with Crippen LogP contribution in [-0.4, -0.2) is 95.1 Å². The minimum atomic E-state index is -2.93. The van der Waals surface area contributed by atoms with Crippen LogP contribution in [0, 0.1) is 17.3 Å². The Balaban J connectivity index is 1.42. The van der Waals surface area contributed by atoms with Crippen LogP contribution in [0.5, 0.6) is 5.75 Å². The van der Waals surface area contributed by atoms with Gasteiger partial charge < -0.3 is 30.7 Å². The summed E-state index contributed by atoms with van der Waals surface area (Å²) in [5.41, 5.74) is 0.214. The van der Waals surface area contributed by atoms with Gasteiger partial charge in [0.05, 0.1) is 25.1 Å². The highest BCUT2D eigenvalue weighted by Crippen LogP contribution is 2.37. The van der Waals surface area contributed by atoms with Crippen molar-refractivity contribution in [3.8, 4) is 5.75 Å². The van der Waals surface area contributed by atoms with Crippen molar-refractivity contribution in [2.45, 2.75) is 109 Å². The van der Waals surface area contributed by atoms with Crippen LogP contribution in [0.25, 0.3) is 0 Å². The second kappa shape index (κ2) is 13.9. The van der Waals surface area contributed by atoms with Gasteiger partial charge >= 0.3 is 6.09 Å². The number of halogens is 2. The van der Waals surface area contributed by atoms with Gasteiger partial charge in [0.1, 0.15) is 17.8 Å². The summed E-state index contributed by atoms with van der Waals surface area (Å²) in [6, 6.07) is 3.65. The number of piperazine rings is 1. The first kappa shape index (κ1) is 34.8. The lowest BCUT2D eigenvalue weighted by Crippen LogP contribution is -2.66. The minimum absolute atomic E-state index is 0.0426. The lowest BCUT2D eigenvalue weighted by Gasteiger charge is -2.45. The zero-order valence-electron chi connectivity index (χ0n) is 27.8. The number of nitrogens with zero attached hydrogens (tertiary/aromatic N) is 2. The van der Waals surface area contributed by atoms with Gasteiger partial charge in [-0.25, -0.2) is 13.6 Å². The lowest BCUT2D eigenvalue weighted by atomic mass is 9.78. The quantitative estimate of drug-likeness (QED) is 0.331. The molecule has 1 unspecified atom stereocenters. The Bertz CT molecular complexity index is 1330. The Hall–Kier alpha value is -3.48. The summed E-state index contributed by atoms with van der Waals surface area (Å²) in [6.45, 7) is 6.94. The van der Waals surface area contributed by atoms with Crippen LogP contribution >= 0.6 is 0 Å². The maximum absolute atomic E-state index is 14.7. The van der Waals surface area contributed by atoms with Crippen molar-refractivity contribution in [1.82, 2.24) is 25.8 Å². The average Bonchev–Trinajstić information content (AvgIpc) is 3.33. The first-order valence-corrected chi connectivity index (χ1v) is 16.9. The summed E-state index contributed by atoms with van der Waals surface area (Å²) in [4.78, 5) is 57.1. The van der Waals surface area contributed by atoms with E-state index >= 15 is 0 Å². The number of fused-ring (bicyclic) bond motifs is 2. The second-order valence-electron chi connectivity index (χ2n) is 14.9. The molecule has 3 fully saturated rings. The Morgan fingerprint density at radius 1 is 1.02 bits per heavy atom.